The van der Waals surface area contributed by atoms with E-state index >= 15 is 0 Å². The molecule has 1 N–H and O–H groups in total. The van der Waals surface area contributed by atoms with E-state index in [0.717, 1.165) is 38.9 Å². The highest BCUT2D eigenvalue weighted by molar-refractivity contribution is 5.84. The van der Waals surface area contributed by atoms with Gasteiger partial charge in [0.15, 0.2) is 0 Å². The van der Waals surface area contributed by atoms with Gasteiger partial charge in [-0.1, -0.05) is 36.4 Å². The van der Waals surface area contributed by atoms with E-state index < -0.39 is 0 Å². The van der Waals surface area contributed by atoms with E-state index in [1.54, 1.807) is 0 Å². The molecular formula is C21H26N2. The lowest BCUT2D eigenvalue weighted by molar-refractivity contribution is 0.233. The number of para-hydroxylation sites is 1. The fourth-order valence-electron chi connectivity index (χ4n) is 3.71. The van der Waals surface area contributed by atoms with Gasteiger partial charge in [-0.05, 0) is 30.9 Å². The quantitative estimate of drug-likeness (QED) is 0.824. The Labute approximate surface area is 139 Å². The fourth-order valence-corrected chi connectivity index (χ4v) is 3.71. The van der Waals surface area contributed by atoms with Gasteiger partial charge >= 0.3 is 0 Å². The second-order valence-corrected chi connectivity index (χ2v) is 6.54. The first-order valence-corrected chi connectivity index (χ1v) is 8.40. The molecule has 2 aromatic rings. The smallest absolute Gasteiger partial charge is 0.0458 e. The zero-order chi connectivity index (χ0) is 16.3. The monoisotopic (exact) mass is 306 g/mol. The molecule has 1 aromatic carbocycles. The molecule has 0 unspecified atom stereocenters. The SMILES string of the molecule is C=CCN1CCc2c([nH]c3ccccc23)CCC(C=C)(C=C)C1. The molecule has 3 rings (SSSR count). The van der Waals surface area contributed by atoms with Crippen molar-refractivity contribution in [1.29, 1.82) is 0 Å². The molecule has 0 spiro atoms. The summed E-state index contributed by atoms with van der Waals surface area (Å²) in [6.45, 7) is 15.0. The van der Waals surface area contributed by atoms with Crippen LogP contribution in [0.4, 0.5) is 0 Å². The number of rotatable bonds is 4. The second kappa shape index (κ2) is 6.59. The summed E-state index contributed by atoms with van der Waals surface area (Å²) in [5.41, 5.74) is 4.05. The summed E-state index contributed by atoms with van der Waals surface area (Å²) < 4.78 is 0. The maximum atomic E-state index is 4.09. The van der Waals surface area contributed by atoms with Crippen molar-refractivity contribution >= 4 is 10.9 Å². The van der Waals surface area contributed by atoms with Crippen molar-refractivity contribution in [3.63, 3.8) is 0 Å². The molecule has 120 valence electrons. The predicted octanol–water partition coefficient (Wildman–Crippen LogP) is 4.50. The van der Waals surface area contributed by atoms with Gasteiger partial charge in [-0.3, -0.25) is 4.90 Å². The lowest BCUT2D eigenvalue weighted by atomic mass is 9.82. The summed E-state index contributed by atoms with van der Waals surface area (Å²) in [6.07, 6.45) is 9.27. The van der Waals surface area contributed by atoms with Crippen LogP contribution in [0, 0.1) is 5.41 Å². The number of nitrogens with zero attached hydrogens (tertiary/aromatic N) is 1. The highest BCUT2D eigenvalue weighted by atomic mass is 15.1. The molecule has 0 radical (unpaired) electrons. The number of hydrogen-bond acceptors (Lipinski definition) is 1. The Morgan fingerprint density at radius 1 is 1.13 bits per heavy atom. The normalized spacial score (nSPS) is 18.4. The lowest BCUT2D eigenvalue weighted by Crippen LogP contribution is -2.36. The first kappa shape index (κ1) is 15.8. The summed E-state index contributed by atoms with van der Waals surface area (Å²) in [7, 11) is 0. The van der Waals surface area contributed by atoms with Crippen LogP contribution in [0.2, 0.25) is 0 Å². The van der Waals surface area contributed by atoms with Crippen molar-refractivity contribution in [3.8, 4) is 0 Å². The van der Waals surface area contributed by atoms with Crippen LogP contribution < -0.4 is 0 Å². The topological polar surface area (TPSA) is 19.0 Å². The lowest BCUT2D eigenvalue weighted by Gasteiger charge is -2.32. The standard InChI is InChI=1S/C21H26N2/c1-4-14-23-15-12-18-17-9-7-8-10-19(17)22-20(18)11-13-21(5-2,6-3)16-23/h4-10,22H,1-3,11-16H2. The Morgan fingerprint density at radius 3 is 2.65 bits per heavy atom. The number of aryl methyl sites for hydroxylation is 1. The van der Waals surface area contributed by atoms with Crippen molar-refractivity contribution in [1.82, 2.24) is 9.88 Å². The Morgan fingerprint density at radius 2 is 1.91 bits per heavy atom. The fraction of sp³-hybridized carbons (Fsp3) is 0.333. The van der Waals surface area contributed by atoms with E-state index in [9.17, 15) is 0 Å². The van der Waals surface area contributed by atoms with Crippen molar-refractivity contribution in [2.24, 2.45) is 5.41 Å². The van der Waals surface area contributed by atoms with E-state index in [4.69, 9.17) is 0 Å². The number of aromatic amines is 1. The number of nitrogens with one attached hydrogen (secondary N) is 1. The van der Waals surface area contributed by atoms with Crippen molar-refractivity contribution in [3.05, 3.63) is 73.5 Å². The molecule has 0 fully saturated rings. The molecule has 0 aliphatic carbocycles. The Kier molecular flexibility index (Phi) is 4.53. The molecule has 23 heavy (non-hydrogen) atoms. The minimum Gasteiger partial charge on any atom is -0.358 e. The molecule has 0 saturated carbocycles. The van der Waals surface area contributed by atoms with Gasteiger partial charge in [0.1, 0.15) is 0 Å². The number of hydrogen-bond donors (Lipinski definition) is 1. The molecule has 2 heteroatoms. The zero-order valence-corrected chi connectivity index (χ0v) is 13.9. The van der Waals surface area contributed by atoms with Gasteiger partial charge in [0.2, 0.25) is 0 Å². The minimum atomic E-state index is -0.0398. The Hall–Kier alpha value is -2.06. The Balaban J connectivity index is 2.02. The highest BCUT2D eigenvalue weighted by Crippen LogP contribution is 2.33. The largest absolute Gasteiger partial charge is 0.358 e. The van der Waals surface area contributed by atoms with E-state index in [1.807, 2.05) is 6.08 Å². The number of benzene rings is 1. The third kappa shape index (κ3) is 3.04. The van der Waals surface area contributed by atoms with Crippen LogP contribution in [-0.2, 0) is 12.8 Å². The average Bonchev–Trinajstić information content (AvgIpc) is 2.96. The van der Waals surface area contributed by atoms with Crippen molar-refractivity contribution in [2.75, 3.05) is 19.6 Å². The van der Waals surface area contributed by atoms with Gasteiger partial charge in [0, 0.05) is 41.6 Å². The average molecular weight is 306 g/mol. The van der Waals surface area contributed by atoms with E-state index in [0.29, 0.717) is 0 Å². The van der Waals surface area contributed by atoms with E-state index in [2.05, 4.69) is 66.0 Å². The first-order valence-electron chi connectivity index (χ1n) is 8.40. The molecule has 0 amide bonds. The van der Waals surface area contributed by atoms with E-state index in [1.165, 1.54) is 22.2 Å². The van der Waals surface area contributed by atoms with Crippen LogP contribution in [0.3, 0.4) is 0 Å². The molecule has 2 nitrogen and oxygen atoms in total. The molecule has 1 aliphatic heterocycles. The molecule has 0 bridgehead atoms. The van der Waals surface area contributed by atoms with Crippen LogP contribution in [0.15, 0.2) is 62.2 Å². The molecule has 1 aromatic heterocycles. The maximum Gasteiger partial charge on any atom is 0.0458 e. The molecule has 1 aliphatic rings. The van der Waals surface area contributed by atoms with Crippen LogP contribution in [-0.4, -0.2) is 29.5 Å². The summed E-state index contributed by atoms with van der Waals surface area (Å²) in [5.74, 6) is 0. The summed E-state index contributed by atoms with van der Waals surface area (Å²) in [4.78, 5) is 6.10. The van der Waals surface area contributed by atoms with Gasteiger partial charge in [-0.25, -0.2) is 0 Å². The maximum absolute atomic E-state index is 4.09. The van der Waals surface area contributed by atoms with Gasteiger partial charge in [0.25, 0.3) is 0 Å². The minimum absolute atomic E-state index is 0.0398. The molecule has 0 saturated heterocycles. The van der Waals surface area contributed by atoms with Crippen LogP contribution >= 0.6 is 0 Å². The van der Waals surface area contributed by atoms with Gasteiger partial charge < -0.3 is 4.98 Å². The van der Waals surface area contributed by atoms with E-state index in [-0.39, 0.29) is 5.41 Å². The molecule has 2 heterocycles. The first-order chi connectivity index (χ1) is 11.2. The molecular weight excluding hydrogens is 280 g/mol. The van der Waals surface area contributed by atoms with Crippen molar-refractivity contribution < 1.29 is 0 Å². The number of aromatic nitrogens is 1. The van der Waals surface area contributed by atoms with Gasteiger partial charge in [-0.2, -0.15) is 0 Å². The third-order valence-electron chi connectivity index (χ3n) is 5.14. The van der Waals surface area contributed by atoms with Gasteiger partial charge in [0.05, 0.1) is 0 Å². The van der Waals surface area contributed by atoms with Gasteiger partial charge in [-0.15, -0.1) is 19.7 Å². The number of H-pyrrole nitrogens is 1. The molecule has 0 atom stereocenters. The highest BCUT2D eigenvalue weighted by Gasteiger charge is 2.28. The predicted molar refractivity (Wildman–Crippen MR) is 99.8 cm³/mol. The Bertz CT molecular complexity index is 715. The number of fused-ring (bicyclic) bond motifs is 3. The second-order valence-electron chi connectivity index (χ2n) is 6.54. The third-order valence-corrected chi connectivity index (χ3v) is 5.14. The summed E-state index contributed by atoms with van der Waals surface area (Å²) in [6, 6.07) is 8.63. The summed E-state index contributed by atoms with van der Waals surface area (Å²) in [5, 5.41) is 1.37. The summed E-state index contributed by atoms with van der Waals surface area (Å²) >= 11 is 0. The van der Waals surface area contributed by atoms with Crippen LogP contribution in [0.1, 0.15) is 17.7 Å². The van der Waals surface area contributed by atoms with Crippen molar-refractivity contribution in [2.45, 2.75) is 19.3 Å². The zero-order valence-electron chi connectivity index (χ0n) is 13.9. The van der Waals surface area contributed by atoms with Crippen LogP contribution in [0.5, 0.6) is 0 Å². The van der Waals surface area contributed by atoms with Crippen LogP contribution in [0.25, 0.3) is 10.9 Å².